The van der Waals surface area contributed by atoms with E-state index in [1.807, 2.05) is 6.20 Å². The summed E-state index contributed by atoms with van der Waals surface area (Å²) in [6.07, 6.45) is 7.15. The van der Waals surface area contributed by atoms with Crippen molar-refractivity contribution in [3.8, 4) is 0 Å². The van der Waals surface area contributed by atoms with E-state index in [1.54, 1.807) is 0 Å². The zero-order chi connectivity index (χ0) is 16.9. The number of nitrogens with zero attached hydrogens (tertiary/aromatic N) is 2. The van der Waals surface area contributed by atoms with E-state index in [0.717, 1.165) is 44.2 Å². The van der Waals surface area contributed by atoms with Crippen LogP contribution in [0.15, 0.2) is 18.3 Å². The molecule has 2 atom stereocenters. The van der Waals surface area contributed by atoms with Gasteiger partial charge in [0.15, 0.2) is 0 Å². The third-order valence-corrected chi connectivity index (χ3v) is 5.29. The Morgan fingerprint density at radius 3 is 2.75 bits per heavy atom. The van der Waals surface area contributed by atoms with Crippen LogP contribution < -0.4 is 15.5 Å². The molecular weight excluding hydrogens is 300 g/mol. The molecule has 0 radical (unpaired) electrons. The summed E-state index contributed by atoms with van der Waals surface area (Å²) in [6.45, 7) is 7.58. The maximum absolute atomic E-state index is 11.3. The van der Waals surface area contributed by atoms with Crippen LogP contribution in [0.4, 0.5) is 5.82 Å². The first-order chi connectivity index (χ1) is 11.6. The van der Waals surface area contributed by atoms with E-state index < -0.39 is 0 Å². The second kappa shape index (κ2) is 7.97. The number of rotatable bonds is 6. The number of nitrogens with one attached hydrogen (secondary N) is 2. The molecule has 1 aromatic rings. The minimum absolute atomic E-state index is 0.194. The van der Waals surface area contributed by atoms with E-state index in [2.05, 4.69) is 46.5 Å². The van der Waals surface area contributed by atoms with Gasteiger partial charge < -0.3 is 15.5 Å². The molecule has 2 aliphatic rings. The maximum Gasteiger partial charge on any atom is 0.220 e. The fourth-order valence-corrected chi connectivity index (χ4v) is 3.60. The second-order valence-corrected chi connectivity index (χ2v) is 7.51. The van der Waals surface area contributed by atoms with Gasteiger partial charge in [0.2, 0.25) is 5.91 Å². The van der Waals surface area contributed by atoms with Crippen LogP contribution in [0.5, 0.6) is 0 Å². The van der Waals surface area contributed by atoms with Crippen molar-refractivity contribution >= 4 is 11.7 Å². The molecule has 2 N–H and O–H groups in total. The third kappa shape index (κ3) is 4.69. The molecule has 3 heterocycles. The zero-order valence-electron chi connectivity index (χ0n) is 14.9. The van der Waals surface area contributed by atoms with Gasteiger partial charge in [0.05, 0.1) is 0 Å². The molecule has 3 rings (SSSR count). The van der Waals surface area contributed by atoms with Gasteiger partial charge in [-0.1, -0.05) is 13.0 Å². The molecule has 0 saturated carbocycles. The Balaban J connectivity index is 1.43. The summed E-state index contributed by atoms with van der Waals surface area (Å²) in [5.41, 5.74) is 1.21. The predicted octanol–water partition coefficient (Wildman–Crippen LogP) is 2.46. The summed E-state index contributed by atoms with van der Waals surface area (Å²) >= 11 is 0. The van der Waals surface area contributed by atoms with Crippen molar-refractivity contribution in [2.45, 2.75) is 64.6 Å². The molecule has 0 aliphatic carbocycles. The summed E-state index contributed by atoms with van der Waals surface area (Å²) in [5.74, 6) is 2.14. The van der Waals surface area contributed by atoms with Crippen LogP contribution in [0.25, 0.3) is 0 Å². The molecule has 0 bridgehead atoms. The number of hydrogen-bond donors (Lipinski definition) is 2. The Morgan fingerprint density at radius 2 is 2.12 bits per heavy atom. The first-order valence-electron chi connectivity index (χ1n) is 9.33. The molecule has 5 heteroatoms. The van der Waals surface area contributed by atoms with Crippen molar-refractivity contribution in [1.29, 1.82) is 0 Å². The van der Waals surface area contributed by atoms with Crippen molar-refractivity contribution in [1.82, 2.24) is 15.6 Å². The van der Waals surface area contributed by atoms with Crippen LogP contribution in [-0.2, 0) is 11.3 Å². The summed E-state index contributed by atoms with van der Waals surface area (Å²) < 4.78 is 0. The van der Waals surface area contributed by atoms with E-state index in [1.165, 1.54) is 18.4 Å². The van der Waals surface area contributed by atoms with Gasteiger partial charge in [0.1, 0.15) is 5.82 Å². The van der Waals surface area contributed by atoms with Crippen molar-refractivity contribution in [3.05, 3.63) is 23.9 Å². The van der Waals surface area contributed by atoms with Crippen molar-refractivity contribution in [2.75, 3.05) is 18.0 Å². The van der Waals surface area contributed by atoms with Crippen LogP contribution >= 0.6 is 0 Å². The third-order valence-electron chi connectivity index (χ3n) is 5.29. The van der Waals surface area contributed by atoms with E-state index >= 15 is 0 Å². The highest BCUT2D eigenvalue weighted by Crippen LogP contribution is 2.21. The molecule has 2 fully saturated rings. The molecule has 2 aliphatic heterocycles. The van der Waals surface area contributed by atoms with Crippen LogP contribution in [0.2, 0.25) is 0 Å². The minimum atomic E-state index is 0.194. The van der Waals surface area contributed by atoms with E-state index in [9.17, 15) is 4.79 Å². The first kappa shape index (κ1) is 17.2. The SMILES string of the molecule is CC1CCN(c2ccc(CNC(C)CC3CCC(=O)N3)cn2)CC1. The lowest BCUT2D eigenvalue weighted by Gasteiger charge is -2.31. The number of carbonyl (C=O) groups is 1. The molecule has 132 valence electrons. The summed E-state index contributed by atoms with van der Waals surface area (Å²) in [4.78, 5) is 18.3. The van der Waals surface area contributed by atoms with Gasteiger partial charge in [-0.2, -0.15) is 0 Å². The fourth-order valence-electron chi connectivity index (χ4n) is 3.60. The summed E-state index contributed by atoms with van der Waals surface area (Å²) in [5, 5.41) is 6.57. The van der Waals surface area contributed by atoms with E-state index in [0.29, 0.717) is 18.5 Å². The van der Waals surface area contributed by atoms with E-state index in [4.69, 9.17) is 0 Å². The maximum atomic E-state index is 11.3. The molecule has 2 unspecified atom stereocenters. The Hall–Kier alpha value is -1.62. The number of amides is 1. The summed E-state index contributed by atoms with van der Waals surface area (Å²) in [6, 6.07) is 5.05. The largest absolute Gasteiger partial charge is 0.357 e. The molecule has 24 heavy (non-hydrogen) atoms. The van der Waals surface area contributed by atoms with Gasteiger partial charge in [-0.05, 0) is 50.2 Å². The predicted molar refractivity (Wildman–Crippen MR) is 96.9 cm³/mol. The Morgan fingerprint density at radius 1 is 1.33 bits per heavy atom. The number of anilines is 1. The lowest BCUT2D eigenvalue weighted by atomic mass is 9.99. The Kier molecular flexibility index (Phi) is 5.72. The lowest BCUT2D eigenvalue weighted by Crippen LogP contribution is -2.35. The fraction of sp³-hybridized carbons (Fsp3) is 0.684. The number of carbonyl (C=O) groups excluding carboxylic acids is 1. The van der Waals surface area contributed by atoms with Gasteiger partial charge in [0, 0.05) is 44.3 Å². The molecular formula is C19H30N4O. The monoisotopic (exact) mass is 330 g/mol. The molecule has 2 saturated heterocycles. The average molecular weight is 330 g/mol. The van der Waals surface area contributed by atoms with Gasteiger partial charge in [-0.15, -0.1) is 0 Å². The summed E-state index contributed by atoms with van der Waals surface area (Å²) in [7, 11) is 0. The Bertz CT molecular complexity index is 537. The highest BCUT2D eigenvalue weighted by molar-refractivity contribution is 5.78. The second-order valence-electron chi connectivity index (χ2n) is 7.51. The van der Waals surface area contributed by atoms with Gasteiger partial charge in [-0.25, -0.2) is 4.98 Å². The molecule has 0 spiro atoms. The van der Waals surface area contributed by atoms with Crippen LogP contribution in [0.1, 0.15) is 51.5 Å². The van der Waals surface area contributed by atoms with Gasteiger partial charge >= 0.3 is 0 Å². The first-order valence-corrected chi connectivity index (χ1v) is 9.33. The van der Waals surface area contributed by atoms with Crippen molar-refractivity contribution < 1.29 is 4.79 Å². The standard InChI is InChI=1S/C19H30N4O/c1-14-7-9-23(10-8-14)18-5-3-16(13-21-18)12-20-15(2)11-17-4-6-19(24)22-17/h3,5,13-15,17,20H,4,6-12H2,1-2H3,(H,22,24). The average Bonchev–Trinajstić information content (AvgIpc) is 2.99. The molecule has 1 aromatic heterocycles. The minimum Gasteiger partial charge on any atom is -0.357 e. The topological polar surface area (TPSA) is 57.3 Å². The van der Waals surface area contributed by atoms with Crippen molar-refractivity contribution in [2.24, 2.45) is 5.92 Å². The highest BCUT2D eigenvalue weighted by Gasteiger charge is 2.22. The quantitative estimate of drug-likeness (QED) is 0.841. The number of piperidine rings is 1. The molecule has 5 nitrogen and oxygen atoms in total. The Labute approximate surface area is 145 Å². The van der Waals surface area contributed by atoms with Crippen LogP contribution in [-0.4, -0.2) is 36.1 Å². The van der Waals surface area contributed by atoms with E-state index in [-0.39, 0.29) is 5.91 Å². The van der Waals surface area contributed by atoms with Gasteiger partial charge in [0.25, 0.3) is 0 Å². The normalized spacial score (nSPS) is 23.3. The zero-order valence-corrected chi connectivity index (χ0v) is 14.9. The molecule has 0 aromatic carbocycles. The molecule has 1 amide bonds. The van der Waals surface area contributed by atoms with Gasteiger partial charge in [-0.3, -0.25) is 4.79 Å². The van der Waals surface area contributed by atoms with Crippen LogP contribution in [0.3, 0.4) is 0 Å². The lowest BCUT2D eigenvalue weighted by molar-refractivity contribution is -0.119. The number of aromatic nitrogens is 1. The smallest absolute Gasteiger partial charge is 0.220 e. The van der Waals surface area contributed by atoms with Crippen molar-refractivity contribution in [3.63, 3.8) is 0 Å². The number of pyridine rings is 1. The highest BCUT2D eigenvalue weighted by atomic mass is 16.1. The number of hydrogen-bond acceptors (Lipinski definition) is 4. The van der Waals surface area contributed by atoms with Crippen LogP contribution in [0, 0.1) is 5.92 Å².